The van der Waals surface area contributed by atoms with E-state index in [2.05, 4.69) is 23.6 Å². The third-order valence-corrected chi connectivity index (χ3v) is 4.65. The van der Waals surface area contributed by atoms with Crippen LogP contribution < -0.4 is 5.73 Å². The van der Waals surface area contributed by atoms with Gasteiger partial charge in [-0.05, 0) is 46.5 Å². The van der Waals surface area contributed by atoms with Gasteiger partial charge in [0.15, 0.2) is 0 Å². The SMILES string of the molecule is Cc1ccc(C(N)c2csc3ccccc23)c(Cl)c1. The van der Waals surface area contributed by atoms with E-state index in [1.807, 2.05) is 31.2 Å². The monoisotopic (exact) mass is 287 g/mol. The molecule has 1 atom stereocenters. The van der Waals surface area contributed by atoms with E-state index in [4.69, 9.17) is 17.3 Å². The molecule has 0 fully saturated rings. The molecule has 0 radical (unpaired) electrons. The van der Waals surface area contributed by atoms with Crippen molar-refractivity contribution in [2.24, 2.45) is 5.73 Å². The molecule has 2 N–H and O–H groups in total. The molecule has 2 aromatic carbocycles. The zero-order chi connectivity index (χ0) is 13.4. The first-order valence-electron chi connectivity index (χ1n) is 6.14. The number of aryl methyl sites for hydroxylation is 1. The van der Waals surface area contributed by atoms with E-state index in [0.717, 1.165) is 21.7 Å². The van der Waals surface area contributed by atoms with E-state index in [0.29, 0.717) is 0 Å². The number of hydrogen-bond acceptors (Lipinski definition) is 2. The predicted molar refractivity (Wildman–Crippen MR) is 84.0 cm³/mol. The largest absolute Gasteiger partial charge is 0.320 e. The smallest absolute Gasteiger partial charge is 0.0580 e. The molecule has 0 spiro atoms. The van der Waals surface area contributed by atoms with E-state index in [-0.39, 0.29) is 6.04 Å². The maximum atomic E-state index is 6.40. The van der Waals surface area contributed by atoms with Gasteiger partial charge in [0.2, 0.25) is 0 Å². The van der Waals surface area contributed by atoms with Crippen molar-refractivity contribution in [1.29, 1.82) is 0 Å². The minimum Gasteiger partial charge on any atom is -0.320 e. The highest BCUT2D eigenvalue weighted by molar-refractivity contribution is 7.17. The van der Waals surface area contributed by atoms with Gasteiger partial charge in [-0.15, -0.1) is 11.3 Å². The lowest BCUT2D eigenvalue weighted by Crippen LogP contribution is -2.11. The molecule has 0 saturated carbocycles. The molecule has 0 saturated heterocycles. The van der Waals surface area contributed by atoms with E-state index in [1.54, 1.807) is 11.3 Å². The zero-order valence-corrected chi connectivity index (χ0v) is 12.1. The summed E-state index contributed by atoms with van der Waals surface area (Å²) in [6, 6.07) is 14.2. The molecule has 0 aliphatic carbocycles. The third-order valence-electron chi connectivity index (χ3n) is 3.34. The van der Waals surface area contributed by atoms with Crippen LogP contribution in [-0.4, -0.2) is 0 Å². The Hall–Kier alpha value is -1.35. The summed E-state index contributed by atoms with van der Waals surface area (Å²) in [5.41, 5.74) is 9.68. The first-order chi connectivity index (χ1) is 9.16. The van der Waals surface area contributed by atoms with Crippen molar-refractivity contribution in [2.75, 3.05) is 0 Å². The number of fused-ring (bicyclic) bond motifs is 1. The highest BCUT2D eigenvalue weighted by Crippen LogP contribution is 2.34. The average Bonchev–Trinajstić information content (AvgIpc) is 2.82. The Bertz CT molecular complexity index is 732. The van der Waals surface area contributed by atoms with E-state index in [9.17, 15) is 0 Å². The van der Waals surface area contributed by atoms with Gasteiger partial charge in [0.05, 0.1) is 6.04 Å². The van der Waals surface area contributed by atoms with Crippen molar-refractivity contribution in [1.82, 2.24) is 0 Å². The Morgan fingerprint density at radius 1 is 1.11 bits per heavy atom. The fourth-order valence-corrected chi connectivity index (χ4v) is 3.64. The highest BCUT2D eigenvalue weighted by atomic mass is 35.5. The van der Waals surface area contributed by atoms with Gasteiger partial charge in [-0.25, -0.2) is 0 Å². The van der Waals surface area contributed by atoms with Gasteiger partial charge < -0.3 is 5.73 Å². The van der Waals surface area contributed by atoms with Crippen molar-refractivity contribution in [3.8, 4) is 0 Å². The van der Waals surface area contributed by atoms with Gasteiger partial charge in [-0.3, -0.25) is 0 Å². The maximum Gasteiger partial charge on any atom is 0.0580 e. The Labute approximate surface area is 121 Å². The number of thiophene rings is 1. The predicted octanol–water partition coefficient (Wildman–Crippen LogP) is 4.91. The summed E-state index contributed by atoms with van der Waals surface area (Å²) in [5.74, 6) is 0. The van der Waals surface area contributed by atoms with Crippen molar-refractivity contribution in [3.63, 3.8) is 0 Å². The molecule has 1 aromatic heterocycles. The van der Waals surface area contributed by atoms with Gasteiger partial charge in [0, 0.05) is 9.72 Å². The summed E-state index contributed by atoms with van der Waals surface area (Å²) in [5, 5.41) is 4.09. The quantitative estimate of drug-likeness (QED) is 0.712. The average molecular weight is 288 g/mol. The third kappa shape index (κ3) is 2.27. The van der Waals surface area contributed by atoms with Crippen LogP contribution in [0, 0.1) is 6.92 Å². The van der Waals surface area contributed by atoms with Crippen LogP contribution in [0.1, 0.15) is 22.7 Å². The normalized spacial score (nSPS) is 12.8. The minimum absolute atomic E-state index is 0.177. The summed E-state index contributed by atoms with van der Waals surface area (Å²) in [6.45, 7) is 2.03. The molecule has 0 amide bonds. The van der Waals surface area contributed by atoms with E-state index >= 15 is 0 Å². The topological polar surface area (TPSA) is 26.0 Å². The van der Waals surface area contributed by atoms with Crippen molar-refractivity contribution >= 4 is 33.0 Å². The lowest BCUT2D eigenvalue weighted by Gasteiger charge is -2.14. The molecular formula is C16H14ClNS. The number of halogens is 1. The van der Waals surface area contributed by atoms with Gasteiger partial charge >= 0.3 is 0 Å². The van der Waals surface area contributed by atoms with Gasteiger partial charge in [0.1, 0.15) is 0 Å². The van der Waals surface area contributed by atoms with Crippen molar-refractivity contribution in [3.05, 3.63) is 69.6 Å². The number of benzene rings is 2. The zero-order valence-electron chi connectivity index (χ0n) is 10.6. The van der Waals surface area contributed by atoms with Crippen LogP contribution in [0.15, 0.2) is 47.8 Å². The Morgan fingerprint density at radius 2 is 1.89 bits per heavy atom. The van der Waals surface area contributed by atoms with Crippen molar-refractivity contribution < 1.29 is 0 Å². The van der Waals surface area contributed by atoms with Crippen LogP contribution in [0.4, 0.5) is 0 Å². The maximum absolute atomic E-state index is 6.40. The van der Waals surface area contributed by atoms with Crippen LogP contribution >= 0.6 is 22.9 Å². The Kier molecular flexibility index (Phi) is 3.31. The second kappa shape index (κ2) is 4.97. The van der Waals surface area contributed by atoms with Crippen LogP contribution in [0.2, 0.25) is 5.02 Å². The molecular weight excluding hydrogens is 274 g/mol. The molecule has 1 unspecified atom stereocenters. The lowest BCUT2D eigenvalue weighted by molar-refractivity contribution is 0.884. The summed E-state index contributed by atoms with van der Waals surface area (Å²) in [4.78, 5) is 0. The molecule has 1 nitrogen and oxygen atoms in total. The summed E-state index contributed by atoms with van der Waals surface area (Å²) >= 11 is 8.04. The molecule has 0 aliphatic rings. The standard InChI is InChI=1S/C16H14ClNS/c1-10-6-7-12(14(17)8-10)16(18)13-9-19-15-5-3-2-4-11(13)15/h2-9,16H,18H2,1H3. The minimum atomic E-state index is -0.177. The lowest BCUT2D eigenvalue weighted by atomic mass is 9.98. The molecule has 96 valence electrons. The second-order valence-corrected chi connectivity index (χ2v) is 6.01. The first kappa shape index (κ1) is 12.7. The molecule has 19 heavy (non-hydrogen) atoms. The summed E-state index contributed by atoms with van der Waals surface area (Å²) < 4.78 is 1.26. The van der Waals surface area contributed by atoms with Crippen LogP contribution in [0.25, 0.3) is 10.1 Å². The van der Waals surface area contributed by atoms with Gasteiger partial charge in [-0.1, -0.05) is 41.9 Å². The number of rotatable bonds is 2. The summed E-state index contributed by atoms with van der Waals surface area (Å²) in [6.07, 6.45) is 0. The van der Waals surface area contributed by atoms with Gasteiger partial charge in [0.25, 0.3) is 0 Å². The summed E-state index contributed by atoms with van der Waals surface area (Å²) in [7, 11) is 0. The molecule has 3 aromatic rings. The van der Waals surface area contributed by atoms with E-state index < -0.39 is 0 Å². The van der Waals surface area contributed by atoms with Crippen LogP contribution in [0.5, 0.6) is 0 Å². The van der Waals surface area contributed by atoms with Crippen LogP contribution in [-0.2, 0) is 0 Å². The number of nitrogens with two attached hydrogens (primary N) is 1. The Balaban J connectivity index is 2.10. The molecule has 0 bridgehead atoms. The number of hydrogen-bond donors (Lipinski definition) is 1. The molecule has 1 heterocycles. The van der Waals surface area contributed by atoms with Crippen LogP contribution in [0.3, 0.4) is 0 Å². The first-order valence-corrected chi connectivity index (χ1v) is 7.40. The highest BCUT2D eigenvalue weighted by Gasteiger charge is 2.16. The fraction of sp³-hybridized carbons (Fsp3) is 0.125. The molecule has 3 rings (SSSR count). The second-order valence-electron chi connectivity index (χ2n) is 4.69. The molecule has 3 heteroatoms. The van der Waals surface area contributed by atoms with Crippen molar-refractivity contribution in [2.45, 2.75) is 13.0 Å². The van der Waals surface area contributed by atoms with Gasteiger partial charge in [-0.2, -0.15) is 0 Å². The fourth-order valence-electron chi connectivity index (χ4n) is 2.29. The Morgan fingerprint density at radius 3 is 2.68 bits per heavy atom. The van der Waals surface area contributed by atoms with E-state index in [1.165, 1.54) is 10.1 Å². The molecule has 0 aliphatic heterocycles.